The molecule has 0 saturated carbocycles. The molecule has 1 aromatic heterocycles. The van der Waals surface area contributed by atoms with Crippen molar-refractivity contribution in [2.45, 2.75) is 31.3 Å². The van der Waals surface area contributed by atoms with Gasteiger partial charge in [0.15, 0.2) is 0 Å². The van der Waals surface area contributed by atoms with Crippen LogP contribution in [0.4, 0.5) is 5.82 Å². The minimum Gasteiger partial charge on any atom is -0.481 e. The summed E-state index contributed by atoms with van der Waals surface area (Å²) in [6.07, 6.45) is 5.47. The van der Waals surface area contributed by atoms with Gasteiger partial charge in [0.05, 0.1) is 32.4 Å². The molecule has 0 aromatic carbocycles. The van der Waals surface area contributed by atoms with Crippen LogP contribution in [-0.2, 0) is 4.74 Å². The van der Waals surface area contributed by atoms with Crippen molar-refractivity contribution >= 4 is 5.82 Å². The van der Waals surface area contributed by atoms with Gasteiger partial charge in [0.2, 0.25) is 5.88 Å². The zero-order valence-corrected chi connectivity index (χ0v) is 11.9. The van der Waals surface area contributed by atoms with Crippen LogP contribution in [-0.4, -0.2) is 60.4 Å². The highest BCUT2D eigenvalue weighted by Gasteiger charge is 2.33. The molecule has 0 spiro atoms. The molecule has 0 amide bonds. The minimum absolute atomic E-state index is 0.285. The average Bonchev–Trinajstić information content (AvgIpc) is 2.96. The molecule has 2 aliphatic rings. The lowest BCUT2D eigenvalue weighted by Gasteiger charge is -2.34. The Morgan fingerprint density at radius 3 is 2.90 bits per heavy atom. The third-order valence-electron chi connectivity index (χ3n) is 4.09. The molecule has 3 rings (SSSR count). The summed E-state index contributed by atoms with van der Waals surface area (Å²) < 4.78 is 10.8. The predicted octanol–water partition coefficient (Wildman–Crippen LogP) is 1.15. The van der Waals surface area contributed by atoms with E-state index in [-0.39, 0.29) is 6.04 Å². The standard InChI is InChI=1S/C14H22N4O2/c1-19-14-7-13(15-10-16-14)17-11-8-20-9-12(11)18-5-3-2-4-6-18/h7,10-12H,2-6,8-9H2,1H3,(H,15,16,17). The lowest BCUT2D eigenvalue weighted by Crippen LogP contribution is -2.48. The summed E-state index contributed by atoms with van der Waals surface area (Å²) in [4.78, 5) is 10.8. The summed E-state index contributed by atoms with van der Waals surface area (Å²) in [7, 11) is 1.61. The molecule has 2 saturated heterocycles. The Kier molecular flexibility index (Phi) is 4.32. The maximum Gasteiger partial charge on any atom is 0.218 e. The molecule has 2 fully saturated rings. The van der Waals surface area contributed by atoms with Crippen molar-refractivity contribution in [3.8, 4) is 5.88 Å². The van der Waals surface area contributed by atoms with Crippen molar-refractivity contribution in [3.63, 3.8) is 0 Å². The van der Waals surface area contributed by atoms with E-state index >= 15 is 0 Å². The number of likely N-dealkylation sites (tertiary alicyclic amines) is 1. The Bertz CT molecular complexity index is 437. The molecule has 6 nitrogen and oxygen atoms in total. The number of ether oxygens (including phenoxy) is 2. The SMILES string of the molecule is COc1cc(NC2COCC2N2CCCCC2)ncn1. The second-order valence-electron chi connectivity index (χ2n) is 5.40. The fourth-order valence-corrected chi connectivity index (χ4v) is 3.01. The number of hydrogen-bond acceptors (Lipinski definition) is 6. The van der Waals surface area contributed by atoms with Crippen LogP contribution in [0.5, 0.6) is 5.88 Å². The molecule has 0 radical (unpaired) electrons. The third kappa shape index (κ3) is 3.02. The van der Waals surface area contributed by atoms with Gasteiger partial charge in [-0.3, -0.25) is 4.90 Å². The predicted molar refractivity (Wildman–Crippen MR) is 76.0 cm³/mol. The Hall–Kier alpha value is -1.40. The molecule has 1 N–H and O–H groups in total. The first-order chi connectivity index (χ1) is 9.86. The first-order valence-electron chi connectivity index (χ1n) is 7.31. The van der Waals surface area contributed by atoms with Crippen molar-refractivity contribution in [1.82, 2.24) is 14.9 Å². The van der Waals surface area contributed by atoms with Crippen molar-refractivity contribution in [3.05, 3.63) is 12.4 Å². The van der Waals surface area contributed by atoms with Gasteiger partial charge in [-0.05, 0) is 25.9 Å². The second-order valence-corrected chi connectivity index (χ2v) is 5.40. The first kappa shape index (κ1) is 13.6. The highest BCUT2D eigenvalue weighted by Crippen LogP contribution is 2.22. The normalized spacial score (nSPS) is 27.4. The zero-order valence-electron chi connectivity index (χ0n) is 11.9. The van der Waals surface area contributed by atoms with E-state index < -0.39 is 0 Å². The summed E-state index contributed by atoms with van der Waals surface area (Å²) in [5, 5.41) is 3.47. The van der Waals surface area contributed by atoms with Gasteiger partial charge in [0.1, 0.15) is 12.1 Å². The molecule has 6 heteroatoms. The van der Waals surface area contributed by atoms with Crippen molar-refractivity contribution in [2.75, 3.05) is 38.7 Å². The van der Waals surface area contributed by atoms with Crippen molar-refractivity contribution in [1.29, 1.82) is 0 Å². The molecular formula is C14H22N4O2. The lowest BCUT2D eigenvalue weighted by atomic mass is 10.1. The smallest absolute Gasteiger partial charge is 0.218 e. The van der Waals surface area contributed by atoms with Crippen molar-refractivity contribution < 1.29 is 9.47 Å². The fourth-order valence-electron chi connectivity index (χ4n) is 3.01. The molecule has 110 valence electrons. The number of anilines is 1. The summed E-state index contributed by atoms with van der Waals surface area (Å²) in [6, 6.07) is 2.55. The van der Waals surface area contributed by atoms with E-state index in [2.05, 4.69) is 20.2 Å². The van der Waals surface area contributed by atoms with E-state index in [1.807, 2.05) is 6.07 Å². The summed E-state index contributed by atoms with van der Waals surface area (Å²) >= 11 is 0. The van der Waals surface area contributed by atoms with Gasteiger partial charge < -0.3 is 14.8 Å². The molecule has 20 heavy (non-hydrogen) atoms. The summed E-state index contributed by atoms with van der Waals surface area (Å²) in [5.74, 6) is 1.38. The van der Waals surface area contributed by atoms with Gasteiger partial charge in [-0.2, -0.15) is 0 Å². The number of rotatable bonds is 4. The minimum atomic E-state index is 0.285. The topological polar surface area (TPSA) is 59.5 Å². The highest BCUT2D eigenvalue weighted by molar-refractivity contribution is 5.39. The second kappa shape index (κ2) is 6.37. The van der Waals surface area contributed by atoms with Crippen LogP contribution in [0.15, 0.2) is 12.4 Å². The lowest BCUT2D eigenvalue weighted by molar-refractivity contribution is 0.127. The van der Waals surface area contributed by atoms with E-state index in [9.17, 15) is 0 Å². The molecule has 3 heterocycles. The molecule has 2 atom stereocenters. The van der Waals surface area contributed by atoms with Crippen molar-refractivity contribution in [2.24, 2.45) is 0 Å². The molecule has 1 aromatic rings. The Morgan fingerprint density at radius 2 is 2.10 bits per heavy atom. The zero-order chi connectivity index (χ0) is 13.8. The number of aromatic nitrogens is 2. The van der Waals surface area contributed by atoms with Gasteiger partial charge in [0.25, 0.3) is 0 Å². The number of nitrogens with one attached hydrogen (secondary N) is 1. The van der Waals surface area contributed by atoms with E-state index in [4.69, 9.17) is 9.47 Å². The summed E-state index contributed by atoms with van der Waals surface area (Å²) in [6.45, 7) is 3.89. The van der Waals surface area contributed by atoms with Gasteiger partial charge in [-0.1, -0.05) is 6.42 Å². The highest BCUT2D eigenvalue weighted by atomic mass is 16.5. The largest absolute Gasteiger partial charge is 0.481 e. The molecule has 2 aliphatic heterocycles. The molecule has 0 aliphatic carbocycles. The number of hydrogen-bond donors (Lipinski definition) is 1. The van der Waals surface area contributed by atoms with Crippen LogP contribution in [0.25, 0.3) is 0 Å². The van der Waals surface area contributed by atoms with E-state index in [1.54, 1.807) is 7.11 Å². The Labute approximate surface area is 119 Å². The van der Waals surface area contributed by atoms with Crippen LogP contribution < -0.4 is 10.1 Å². The maximum absolute atomic E-state index is 5.67. The molecule has 0 bridgehead atoms. The van der Waals surface area contributed by atoms with Crippen LogP contribution in [0.2, 0.25) is 0 Å². The Balaban J connectivity index is 1.65. The monoisotopic (exact) mass is 278 g/mol. The first-order valence-corrected chi connectivity index (χ1v) is 7.31. The van der Waals surface area contributed by atoms with E-state index in [0.717, 1.165) is 19.0 Å². The maximum atomic E-state index is 5.67. The number of piperidine rings is 1. The Morgan fingerprint density at radius 1 is 1.25 bits per heavy atom. The van der Waals surface area contributed by atoms with E-state index in [1.165, 1.54) is 38.7 Å². The van der Waals surface area contributed by atoms with E-state index in [0.29, 0.717) is 11.9 Å². The van der Waals surface area contributed by atoms with Crippen LogP contribution in [0.3, 0.4) is 0 Å². The number of nitrogens with zero attached hydrogens (tertiary/aromatic N) is 3. The van der Waals surface area contributed by atoms with Gasteiger partial charge in [0, 0.05) is 6.07 Å². The third-order valence-corrected chi connectivity index (χ3v) is 4.09. The van der Waals surface area contributed by atoms with Crippen LogP contribution in [0, 0.1) is 0 Å². The average molecular weight is 278 g/mol. The van der Waals surface area contributed by atoms with Crippen LogP contribution in [0.1, 0.15) is 19.3 Å². The fraction of sp³-hybridized carbons (Fsp3) is 0.714. The van der Waals surface area contributed by atoms with Gasteiger partial charge >= 0.3 is 0 Å². The van der Waals surface area contributed by atoms with Gasteiger partial charge in [-0.25, -0.2) is 9.97 Å². The summed E-state index contributed by atoms with van der Waals surface area (Å²) in [5.41, 5.74) is 0. The molecule has 2 unspecified atom stereocenters. The quantitative estimate of drug-likeness (QED) is 0.891. The molecular weight excluding hydrogens is 256 g/mol. The van der Waals surface area contributed by atoms with Crippen LogP contribution >= 0.6 is 0 Å². The van der Waals surface area contributed by atoms with Gasteiger partial charge in [-0.15, -0.1) is 0 Å². The number of methoxy groups -OCH3 is 1.